The fourth-order valence-electron chi connectivity index (χ4n) is 6.30. The van der Waals surface area contributed by atoms with E-state index in [1.165, 1.54) is 44.1 Å². The van der Waals surface area contributed by atoms with Crippen molar-refractivity contribution in [1.29, 1.82) is 0 Å². The lowest BCUT2D eigenvalue weighted by Gasteiger charge is -2.33. The summed E-state index contributed by atoms with van der Waals surface area (Å²) in [4.78, 5) is 27.9. The summed E-state index contributed by atoms with van der Waals surface area (Å²) >= 11 is 0. The van der Waals surface area contributed by atoms with E-state index in [9.17, 15) is 23.1 Å². The minimum atomic E-state index is -3.38. The summed E-state index contributed by atoms with van der Waals surface area (Å²) in [6.07, 6.45) is 14.5. The molecular weight excluding hydrogens is 584 g/mol. The number of carboxylic acid groups (broad SMARTS) is 1. The first kappa shape index (κ1) is 38.2. The lowest BCUT2D eigenvalue weighted by Crippen LogP contribution is -2.42. The van der Waals surface area contributed by atoms with Crippen molar-refractivity contribution in [1.82, 2.24) is 10.2 Å². The number of hydrogen-bond donors (Lipinski definition) is 2. The van der Waals surface area contributed by atoms with Crippen LogP contribution in [-0.2, 0) is 21.2 Å². The van der Waals surface area contributed by atoms with Crippen LogP contribution in [0.2, 0.25) is 0 Å². The molecule has 2 aromatic carbocycles. The van der Waals surface area contributed by atoms with E-state index in [0.29, 0.717) is 11.6 Å². The number of hydrogen-bond acceptors (Lipinski definition) is 5. The lowest BCUT2D eigenvalue weighted by atomic mass is 9.83. The third-order valence-electron chi connectivity index (χ3n) is 8.82. The molecule has 0 spiro atoms. The van der Waals surface area contributed by atoms with Gasteiger partial charge >= 0.3 is 5.97 Å². The summed E-state index contributed by atoms with van der Waals surface area (Å²) in [7, 11) is -1.17. The highest BCUT2D eigenvalue weighted by molar-refractivity contribution is 7.90. The fraction of sp³-hybridized carbons (Fsp3) is 0.568. The Bertz CT molecular complexity index is 1390. The number of nitrogens with one attached hydrogen (secondary N) is 1. The molecule has 0 bridgehead atoms. The number of rotatable bonds is 16. The molecule has 3 rings (SSSR count). The van der Waals surface area contributed by atoms with Gasteiger partial charge in [0, 0.05) is 24.4 Å². The number of nitrogens with zero attached hydrogens (tertiary/aromatic N) is 1. The van der Waals surface area contributed by atoms with E-state index in [4.69, 9.17) is 0 Å². The minimum absolute atomic E-state index is 0. The van der Waals surface area contributed by atoms with Crippen LogP contribution in [0.15, 0.2) is 54.1 Å². The number of carbonyl (C=O) groups excluding carboxylic acids is 1. The number of amides is 1. The first-order valence-electron chi connectivity index (χ1n) is 16.1. The van der Waals surface area contributed by atoms with Gasteiger partial charge in [-0.3, -0.25) is 9.69 Å². The standard InChI is InChI=1S/C36H52N2O5S.CH4/c1-26(2)13-9-11-17-30(23-28-15-7-6-8-16-28)38(4)25-29-19-20-32(33(24-29)31-18-12-10-14-27(31)3)35(39)37-34(36(40)41)21-22-44(5,42)43;/h10,12-14,18-20,24,28,30,34H,6-9,11,15-17,21-23,25H2,1-5H3,(H,37,39)(H,40,41);1H4/t30-,34-;/m0./s1. The molecule has 1 aliphatic rings. The summed E-state index contributed by atoms with van der Waals surface area (Å²) in [5.41, 5.74) is 5.48. The van der Waals surface area contributed by atoms with Gasteiger partial charge < -0.3 is 10.4 Å². The molecule has 0 aliphatic heterocycles. The van der Waals surface area contributed by atoms with Crippen molar-refractivity contribution in [2.24, 2.45) is 5.92 Å². The van der Waals surface area contributed by atoms with Gasteiger partial charge in [-0.25, -0.2) is 13.2 Å². The second-order valence-electron chi connectivity index (χ2n) is 13.0. The van der Waals surface area contributed by atoms with Crippen molar-refractivity contribution in [3.05, 3.63) is 70.8 Å². The molecule has 0 saturated heterocycles. The highest BCUT2D eigenvalue weighted by Gasteiger charge is 2.25. The number of aliphatic carboxylic acids is 1. The van der Waals surface area contributed by atoms with Crippen LogP contribution in [0.5, 0.6) is 0 Å². The van der Waals surface area contributed by atoms with Gasteiger partial charge in [-0.1, -0.05) is 81.5 Å². The van der Waals surface area contributed by atoms with Crippen LogP contribution in [0.25, 0.3) is 11.1 Å². The Labute approximate surface area is 272 Å². The van der Waals surface area contributed by atoms with E-state index in [-0.39, 0.29) is 19.6 Å². The van der Waals surface area contributed by atoms with E-state index in [0.717, 1.165) is 60.2 Å². The maximum Gasteiger partial charge on any atom is 0.326 e. The van der Waals surface area contributed by atoms with Crippen molar-refractivity contribution < 1.29 is 23.1 Å². The van der Waals surface area contributed by atoms with Crippen LogP contribution in [0, 0.1) is 12.8 Å². The Morgan fingerprint density at radius 1 is 1.04 bits per heavy atom. The number of benzene rings is 2. The van der Waals surface area contributed by atoms with Crippen LogP contribution < -0.4 is 5.32 Å². The molecular formula is C37H56N2O5S. The molecule has 1 fully saturated rings. The maximum absolute atomic E-state index is 13.5. The largest absolute Gasteiger partial charge is 0.480 e. The smallest absolute Gasteiger partial charge is 0.326 e. The second-order valence-corrected chi connectivity index (χ2v) is 15.3. The van der Waals surface area contributed by atoms with Gasteiger partial charge in [-0.2, -0.15) is 0 Å². The summed E-state index contributed by atoms with van der Waals surface area (Å²) in [6, 6.07) is 12.8. The van der Waals surface area contributed by atoms with Gasteiger partial charge in [0.05, 0.1) is 5.75 Å². The summed E-state index contributed by atoms with van der Waals surface area (Å²) in [5.74, 6) is -1.33. The summed E-state index contributed by atoms with van der Waals surface area (Å²) in [5, 5.41) is 12.3. The predicted molar refractivity (Wildman–Crippen MR) is 186 cm³/mol. The Hall–Kier alpha value is -2.97. The van der Waals surface area contributed by atoms with Crippen molar-refractivity contribution in [2.45, 2.75) is 111 Å². The second kappa shape index (κ2) is 18.2. The SMILES string of the molecule is C.CC(C)=CCCC[C@@H](CC1CCCCC1)N(C)Cc1ccc(C(=O)N[C@@H](CCS(C)(=O)=O)C(=O)O)c(-c2ccccc2C)c1. The average Bonchev–Trinajstić information content (AvgIpc) is 2.96. The van der Waals surface area contributed by atoms with E-state index >= 15 is 0 Å². The molecule has 2 atom stereocenters. The van der Waals surface area contributed by atoms with Crippen LogP contribution in [0.1, 0.15) is 107 Å². The molecule has 0 unspecified atom stereocenters. The molecule has 0 aromatic heterocycles. The van der Waals surface area contributed by atoms with E-state index in [1.807, 2.05) is 37.3 Å². The number of allylic oxidation sites excluding steroid dienone is 2. The Kier molecular flexibility index (Phi) is 15.5. The van der Waals surface area contributed by atoms with Crippen LogP contribution in [0.3, 0.4) is 0 Å². The van der Waals surface area contributed by atoms with Crippen molar-refractivity contribution in [3.63, 3.8) is 0 Å². The predicted octanol–water partition coefficient (Wildman–Crippen LogP) is 7.82. The number of unbranched alkanes of at least 4 members (excludes halogenated alkanes) is 1. The van der Waals surface area contributed by atoms with Crippen LogP contribution in [0.4, 0.5) is 0 Å². The summed E-state index contributed by atoms with van der Waals surface area (Å²) in [6.45, 7) is 7.04. The van der Waals surface area contributed by atoms with Gasteiger partial charge in [0.1, 0.15) is 15.9 Å². The number of carbonyl (C=O) groups is 2. The average molecular weight is 641 g/mol. The molecule has 2 N–H and O–H groups in total. The zero-order chi connectivity index (χ0) is 32.3. The normalized spacial score (nSPS) is 15.2. The Balaban J connectivity index is 0.00000705. The van der Waals surface area contributed by atoms with E-state index in [2.05, 4.69) is 43.3 Å². The molecule has 0 radical (unpaired) electrons. The van der Waals surface area contributed by atoms with Crippen LogP contribution >= 0.6 is 0 Å². The molecule has 0 heterocycles. The molecule has 1 saturated carbocycles. The number of aryl methyl sites for hydroxylation is 1. The molecule has 45 heavy (non-hydrogen) atoms. The van der Waals surface area contributed by atoms with Gasteiger partial charge in [-0.05, 0) is 100 Å². The molecule has 250 valence electrons. The van der Waals surface area contributed by atoms with Gasteiger partial charge in [0.2, 0.25) is 0 Å². The van der Waals surface area contributed by atoms with Crippen molar-refractivity contribution in [3.8, 4) is 11.1 Å². The molecule has 8 heteroatoms. The molecule has 1 amide bonds. The minimum Gasteiger partial charge on any atom is -0.480 e. The molecule has 1 aliphatic carbocycles. The lowest BCUT2D eigenvalue weighted by molar-refractivity contribution is -0.139. The van der Waals surface area contributed by atoms with Gasteiger partial charge in [-0.15, -0.1) is 0 Å². The first-order chi connectivity index (χ1) is 20.8. The monoisotopic (exact) mass is 640 g/mol. The van der Waals surface area contributed by atoms with Crippen molar-refractivity contribution in [2.75, 3.05) is 19.1 Å². The highest BCUT2D eigenvalue weighted by Crippen LogP contribution is 2.32. The van der Waals surface area contributed by atoms with Crippen molar-refractivity contribution >= 4 is 21.7 Å². The first-order valence-corrected chi connectivity index (χ1v) is 18.1. The number of sulfone groups is 1. The third kappa shape index (κ3) is 12.7. The summed E-state index contributed by atoms with van der Waals surface area (Å²) < 4.78 is 23.3. The zero-order valence-electron chi connectivity index (χ0n) is 27.3. The van der Waals surface area contributed by atoms with Gasteiger partial charge in [0.15, 0.2) is 0 Å². The van der Waals surface area contributed by atoms with E-state index < -0.39 is 27.8 Å². The van der Waals surface area contributed by atoms with Crippen LogP contribution in [-0.4, -0.2) is 61.4 Å². The maximum atomic E-state index is 13.5. The molecule has 2 aromatic rings. The number of carboxylic acids is 1. The quantitative estimate of drug-likeness (QED) is 0.143. The highest BCUT2D eigenvalue weighted by atomic mass is 32.2. The molecule has 7 nitrogen and oxygen atoms in total. The zero-order valence-corrected chi connectivity index (χ0v) is 28.1. The van der Waals surface area contributed by atoms with Gasteiger partial charge in [0.25, 0.3) is 5.91 Å². The Morgan fingerprint density at radius 2 is 1.73 bits per heavy atom. The Morgan fingerprint density at radius 3 is 2.36 bits per heavy atom. The topological polar surface area (TPSA) is 104 Å². The van der Waals surface area contributed by atoms with E-state index in [1.54, 1.807) is 6.07 Å². The fourth-order valence-corrected chi connectivity index (χ4v) is 6.96. The third-order valence-corrected chi connectivity index (χ3v) is 9.80.